The number of hydrogen-bond donors (Lipinski definition) is 1. The summed E-state index contributed by atoms with van der Waals surface area (Å²) in [5.41, 5.74) is 4.22. The van der Waals surface area contributed by atoms with Gasteiger partial charge in [-0.05, 0) is 67.1 Å². The smallest absolute Gasteiger partial charge is 0.251 e. The Hall–Kier alpha value is -6.29. The fraction of sp³-hybridized carbons (Fsp3) is 0.310. The molecule has 0 unspecified atom stereocenters. The Balaban J connectivity index is 0.942. The van der Waals surface area contributed by atoms with Crippen LogP contribution in [-0.2, 0) is 14.2 Å². The van der Waals surface area contributed by atoms with Gasteiger partial charge in [-0.25, -0.2) is 4.58 Å². The zero-order valence-corrected chi connectivity index (χ0v) is 32.6. The Morgan fingerprint density at radius 1 is 0.772 bits per heavy atom. The van der Waals surface area contributed by atoms with Crippen molar-refractivity contribution in [3.05, 3.63) is 101 Å². The molecule has 0 fully saturated rings. The number of aromatic carboxylic acids is 1. The van der Waals surface area contributed by atoms with E-state index in [9.17, 15) is 14.7 Å². The molecule has 15 heteroatoms. The Morgan fingerprint density at radius 2 is 1.44 bits per heavy atom. The van der Waals surface area contributed by atoms with Crippen LogP contribution in [0.25, 0.3) is 44.8 Å². The SMILES string of the molecule is Cc1nnc(-c2ccc(OCCOCCOCCOCCNC(=O)c3ccc(-c4c5ccc(=[N+](C)C)cc-5oc5cc(N(C)C)ccc45)c(C(=O)[O-])c3)cc2)nn1. The molecule has 4 aromatic rings. The second-order valence-electron chi connectivity index (χ2n) is 13.4. The number of fused-ring (bicyclic) bond motifs is 2. The van der Waals surface area contributed by atoms with Gasteiger partial charge in [0.05, 0.1) is 51.7 Å². The highest BCUT2D eigenvalue weighted by Gasteiger charge is 2.22. The summed E-state index contributed by atoms with van der Waals surface area (Å²) >= 11 is 0. The van der Waals surface area contributed by atoms with Crippen LogP contribution in [-0.4, -0.2) is 113 Å². The van der Waals surface area contributed by atoms with E-state index < -0.39 is 11.9 Å². The first kappa shape index (κ1) is 40.4. The largest absolute Gasteiger partial charge is 0.545 e. The number of amides is 1. The van der Waals surface area contributed by atoms with Gasteiger partial charge in [-0.15, -0.1) is 20.4 Å². The predicted molar refractivity (Wildman–Crippen MR) is 212 cm³/mol. The third kappa shape index (κ3) is 10.3. The van der Waals surface area contributed by atoms with E-state index in [0.29, 0.717) is 79.5 Å². The molecule has 0 saturated carbocycles. The molecule has 3 aromatic carbocycles. The minimum absolute atomic E-state index is 0.106. The molecular formula is C42H45N7O8. The number of aromatic nitrogens is 4. The number of anilines is 1. The number of carboxylic acids is 1. The minimum Gasteiger partial charge on any atom is -0.545 e. The average Bonchev–Trinajstić information content (AvgIpc) is 3.21. The molecule has 57 heavy (non-hydrogen) atoms. The topological polar surface area (TPSA) is 177 Å². The molecule has 1 N–H and O–H groups in total. The molecule has 6 rings (SSSR count). The maximum atomic E-state index is 13.1. The number of carboxylic acid groups (broad SMARTS) is 1. The summed E-state index contributed by atoms with van der Waals surface area (Å²) in [6, 6.07) is 23.5. The molecule has 15 nitrogen and oxygen atoms in total. The predicted octanol–water partition coefficient (Wildman–Crippen LogP) is 3.08. The highest BCUT2D eigenvalue weighted by atomic mass is 16.6. The molecule has 1 aromatic heterocycles. The van der Waals surface area contributed by atoms with Crippen LogP contribution in [0.2, 0.25) is 0 Å². The summed E-state index contributed by atoms with van der Waals surface area (Å²) in [5.74, 6) is 0.420. The highest BCUT2D eigenvalue weighted by molar-refractivity contribution is 6.09. The van der Waals surface area contributed by atoms with Gasteiger partial charge in [0, 0.05) is 71.7 Å². The van der Waals surface area contributed by atoms with Gasteiger partial charge in [-0.3, -0.25) is 4.79 Å². The number of hydrogen-bond acceptors (Lipinski definition) is 13. The first-order chi connectivity index (χ1) is 27.6. The number of aryl methyl sites for hydroxylation is 1. The van der Waals surface area contributed by atoms with E-state index in [1.54, 1.807) is 19.1 Å². The molecule has 1 aliphatic heterocycles. The minimum atomic E-state index is -1.40. The summed E-state index contributed by atoms with van der Waals surface area (Å²) in [7, 11) is 7.75. The summed E-state index contributed by atoms with van der Waals surface area (Å²) in [6.07, 6.45) is 0. The first-order valence-corrected chi connectivity index (χ1v) is 18.4. The van der Waals surface area contributed by atoms with E-state index >= 15 is 0 Å². The summed E-state index contributed by atoms with van der Waals surface area (Å²) in [4.78, 5) is 27.6. The van der Waals surface area contributed by atoms with Crippen LogP contribution in [0.1, 0.15) is 26.5 Å². The van der Waals surface area contributed by atoms with Crippen molar-refractivity contribution in [1.82, 2.24) is 30.3 Å². The zero-order valence-electron chi connectivity index (χ0n) is 32.6. The summed E-state index contributed by atoms with van der Waals surface area (Å²) in [5, 5.41) is 32.9. The van der Waals surface area contributed by atoms with Gasteiger partial charge in [0.15, 0.2) is 5.82 Å². The first-order valence-electron chi connectivity index (χ1n) is 18.4. The quantitative estimate of drug-likeness (QED) is 0.0767. The van der Waals surface area contributed by atoms with Crippen LogP contribution >= 0.6 is 0 Å². The number of nitrogens with one attached hydrogen (secondary N) is 1. The molecular weight excluding hydrogens is 731 g/mol. The van der Waals surface area contributed by atoms with E-state index in [0.717, 1.165) is 27.6 Å². The molecule has 0 radical (unpaired) electrons. The van der Waals surface area contributed by atoms with Crippen molar-refractivity contribution in [2.45, 2.75) is 6.92 Å². The number of nitrogens with zero attached hydrogens (tertiary/aromatic N) is 6. The second kappa shape index (κ2) is 19.0. The van der Waals surface area contributed by atoms with Gasteiger partial charge in [0.1, 0.15) is 37.8 Å². The molecule has 1 amide bonds. The van der Waals surface area contributed by atoms with E-state index in [2.05, 4.69) is 25.7 Å². The second-order valence-corrected chi connectivity index (χ2v) is 13.4. The van der Waals surface area contributed by atoms with Crippen molar-refractivity contribution in [1.29, 1.82) is 0 Å². The van der Waals surface area contributed by atoms with E-state index in [1.807, 2.05) is 98.3 Å². The standard InChI is InChI=1S/C42H45N7O8/c1-27-44-46-40(47-45-27)28-6-11-32(12-7-28)56-23-22-55-21-20-54-19-18-53-17-16-43-41(50)29-8-13-33(36(24-29)42(51)52)39-34-14-9-30(48(2)3)25-37(34)57-38-26-31(49(4)5)10-15-35(38)39/h6-15,24-26H,16-23H2,1-5H3,(H-,43,50,51,52). The van der Waals surface area contributed by atoms with Crippen molar-refractivity contribution < 1.29 is 38.1 Å². The van der Waals surface area contributed by atoms with Crippen molar-refractivity contribution in [2.75, 3.05) is 85.9 Å². The molecule has 2 aliphatic rings. The number of rotatable bonds is 18. The normalized spacial score (nSPS) is 11.2. The van der Waals surface area contributed by atoms with Crippen LogP contribution in [0.15, 0.2) is 83.3 Å². The number of ether oxygens (including phenoxy) is 4. The van der Waals surface area contributed by atoms with Gasteiger partial charge >= 0.3 is 0 Å². The molecule has 0 saturated heterocycles. The van der Waals surface area contributed by atoms with Gasteiger partial charge in [-0.1, -0.05) is 6.07 Å². The van der Waals surface area contributed by atoms with Gasteiger partial charge in [0.25, 0.3) is 5.91 Å². The van der Waals surface area contributed by atoms with Crippen LogP contribution in [0.4, 0.5) is 5.69 Å². The lowest BCUT2D eigenvalue weighted by molar-refractivity contribution is -0.254. The van der Waals surface area contributed by atoms with Gasteiger partial charge < -0.3 is 43.5 Å². The number of benzene rings is 4. The van der Waals surface area contributed by atoms with Gasteiger partial charge in [-0.2, -0.15) is 0 Å². The number of carbonyl (C=O) groups excluding carboxylic acids is 2. The lowest BCUT2D eigenvalue weighted by Gasteiger charge is -2.20. The Bertz CT molecular complexity index is 2360. The number of carbonyl (C=O) groups is 2. The maximum absolute atomic E-state index is 13.1. The van der Waals surface area contributed by atoms with E-state index in [1.165, 1.54) is 6.07 Å². The lowest BCUT2D eigenvalue weighted by atomic mass is 9.89. The van der Waals surface area contributed by atoms with Crippen LogP contribution in [0.5, 0.6) is 5.75 Å². The Morgan fingerprint density at radius 3 is 2.11 bits per heavy atom. The lowest BCUT2D eigenvalue weighted by Crippen LogP contribution is -2.29. The summed E-state index contributed by atoms with van der Waals surface area (Å²) in [6.45, 7) is 4.45. The van der Waals surface area contributed by atoms with Gasteiger partial charge in [0.2, 0.25) is 11.2 Å². The Kier molecular flexibility index (Phi) is 13.5. The molecule has 0 spiro atoms. The third-order valence-corrected chi connectivity index (χ3v) is 8.96. The zero-order chi connectivity index (χ0) is 40.3. The van der Waals surface area contributed by atoms with Crippen molar-refractivity contribution in [3.8, 4) is 39.6 Å². The maximum Gasteiger partial charge on any atom is 0.251 e. The monoisotopic (exact) mass is 775 g/mol. The van der Waals surface area contributed by atoms with E-state index in [-0.39, 0.29) is 24.3 Å². The molecule has 296 valence electrons. The van der Waals surface area contributed by atoms with Crippen molar-refractivity contribution in [2.24, 2.45) is 0 Å². The highest BCUT2D eigenvalue weighted by Crippen LogP contribution is 2.42. The third-order valence-electron chi connectivity index (χ3n) is 8.96. The van der Waals surface area contributed by atoms with Crippen molar-refractivity contribution >= 4 is 28.5 Å². The molecule has 0 bridgehead atoms. The molecule has 2 heterocycles. The summed E-state index contributed by atoms with van der Waals surface area (Å²) < 4.78 is 30.8. The van der Waals surface area contributed by atoms with Crippen LogP contribution in [0.3, 0.4) is 0 Å². The fourth-order valence-corrected chi connectivity index (χ4v) is 5.98. The van der Waals surface area contributed by atoms with Crippen LogP contribution in [0, 0.1) is 6.92 Å². The van der Waals surface area contributed by atoms with Crippen molar-refractivity contribution in [3.63, 3.8) is 0 Å². The molecule has 1 aliphatic carbocycles. The van der Waals surface area contributed by atoms with Crippen LogP contribution < -0.4 is 30.0 Å². The Labute approximate surface area is 329 Å². The molecule has 0 atom stereocenters. The average molecular weight is 776 g/mol. The fourth-order valence-electron chi connectivity index (χ4n) is 5.98. The van der Waals surface area contributed by atoms with E-state index in [4.69, 9.17) is 23.4 Å².